The maximum absolute atomic E-state index is 12.1. The van der Waals surface area contributed by atoms with Crippen LogP contribution >= 0.6 is 11.3 Å². The van der Waals surface area contributed by atoms with Gasteiger partial charge in [-0.25, -0.2) is 8.42 Å². The van der Waals surface area contributed by atoms with Gasteiger partial charge in [-0.05, 0) is 29.6 Å². The highest BCUT2D eigenvalue weighted by molar-refractivity contribution is 7.93. The quantitative estimate of drug-likeness (QED) is 0.588. The minimum absolute atomic E-state index is 0.0328. The van der Waals surface area contributed by atoms with E-state index in [2.05, 4.69) is 4.72 Å². The number of nitrogens with two attached hydrogens (primary N) is 1. The van der Waals surface area contributed by atoms with E-state index >= 15 is 0 Å². The van der Waals surface area contributed by atoms with Crippen molar-refractivity contribution in [2.24, 2.45) is 0 Å². The number of nitrogens with zero attached hydrogens (tertiary/aromatic N) is 1. The summed E-state index contributed by atoms with van der Waals surface area (Å²) in [5, 5.41) is 19.9. The van der Waals surface area contributed by atoms with Gasteiger partial charge in [-0.1, -0.05) is 0 Å². The lowest BCUT2D eigenvalue weighted by molar-refractivity contribution is 0.477. The van der Waals surface area contributed by atoms with E-state index in [1.165, 1.54) is 18.2 Å². The number of benzene rings is 1. The molecule has 98 valence electrons. The van der Waals surface area contributed by atoms with Crippen LogP contribution in [0.2, 0.25) is 0 Å². The average molecular weight is 295 g/mol. The number of hydrogen-bond donors (Lipinski definition) is 3. The number of anilines is 2. The zero-order chi connectivity index (χ0) is 14.0. The van der Waals surface area contributed by atoms with E-state index in [9.17, 15) is 13.5 Å². The maximum atomic E-state index is 12.1. The second kappa shape index (κ2) is 4.79. The minimum Gasteiger partial charge on any atom is -0.506 e. The van der Waals surface area contributed by atoms with Gasteiger partial charge < -0.3 is 10.8 Å². The third kappa shape index (κ3) is 2.62. The largest absolute Gasteiger partial charge is 0.506 e. The van der Waals surface area contributed by atoms with Crippen molar-refractivity contribution >= 4 is 32.0 Å². The third-order valence-electron chi connectivity index (χ3n) is 2.32. The molecule has 0 saturated heterocycles. The Morgan fingerprint density at radius 3 is 2.74 bits per heavy atom. The van der Waals surface area contributed by atoms with E-state index < -0.39 is 10.0 Å². The van der Waals surface area contributed by atoms with Gasteiger partial charge in [0.15, 0.2) is 0 Å². The van der Waals surface area contributed by atoms with Gasteiger partial charge in [-0.2, -0.15) is 5.26 Å². The molecule has 1 aromatic heterocycles. The lowest BCUT2D eigenvalue weighted by atomic mass is 10.3. The Balaban J connectivity index is 2.38. The molecule has 0 saturated carbocycles. The van der Waals surface area contributed by atoms with Crippen molar-refractivity contribution in [2.75, 3.05) is 10.5 Å². The second-order valence-electron chi connectivity index (χ2n) is 3.60. The zero-order valence-electron chi connectivity index (χ0n) is 9.49. The first kappa shape index (κ1) is 13.2. The van der Waals surface area contributed by atoms with Gasteiger partial charge in [-0.15, -0.1) is 11.3 Å². The molecule has 1 aromatic carbocycles. The van der Waals surface area contributed by atoms with Gasteiger partial charge in [-0.3, -0.25) is 4.72 Å². The summed E-state index contributed by atoms with van der Waals surface area (Å²) in [7, 11) is -3.84. The molecule has 19 heavy (non-hydrogen) atoms. The number of nitrogens with one attached hydrogen (secondary N) is 1. The Hall–Kier alpha value is -2.24. The number of hydrogen-bond acceptors (Lipinski definition) is 6. The Labute approximate surface area is 113 Å². The van der Waals surface area contributed by atoms with Gasteiger partial charge in [0.1, 0.15) is 16.8 Å². The third-order valence-corrected chi connectivity index (χ3v) is 4.63. The Kier molecular flexibility index (Phi) is 3.33. The van der Waals surface area contributed by atoms with Crippen LogP contribution in [-0.4, -0.2) is 13.5 Å². The van der Waals surface area contributed by atoms with Gasteiger partial charge in [0.05, 0.1) is 16.1 Å². The standard InChI is InChI=1S/C11H9N3O3S2/c12-6-7-3-4-18-11(7)14-19(16,17)8-1-2-10(15)9(13)5-8/h1-5,14-15H,13H2. The van der Waals surface area contributed by atoms with Crippen molar-refractivity contribution in [3.05, 3.63) is 35.2 Å². The molecule has 2 rings (SSSR count). The molecule has 0 bridgehead atoms. The van der Waals surface area contributed by atoms with Crippen LogP contribution < -0.4 is 10.5 Å². The molecule has 4 N–H and O–H groups in total. The number of nitrogen functional groups attached to an aromatic ring is 1. The molecule has 0 atom stereocenters. The molecule has 0 fully saturated rings. The molecule has 0 radical (unpaired) electrons. The summed E-state index contributed by atoms with van der Waals surface area (Å²) in [4.78, 5) is -0.0833. The van der Waals surface area contributed by atoms with Crippen molar-refractivity contribution in [1.29, 1.82) is 5.26 Å². The van der Waals surface area contributed by atoms with Crippen LogP contribution in [0.25, 0.3) is 0 Å². The molecule has 0 aliphatic rings. The minimum atomic E-state index is -3.84. The fraction of sp³-hybridized carbons (Fsp3) is 0. The summed E-state index contributed by atoms with van der Waals surface area (Å²) in [6.45, 7) is 0. The number of nitriles is 1. The molecule has 0 aliphatic carbocycles. The highest BCUT2D eigenvalue weighted by Crippen LogP contribution is 2.28. The smallest absolute Gasteiger partial charge is 0.262 e. The van der Waals surface area contributed by atoms with E-state index in [0.717, 1.165) is 17.4 Å². The van der Waals surface area contributed by atoms with Gasteiger partial charge in [0.2, 0.25) is 0 Å². The van der Waals surface area contributed by atoms with Crippen LogP contribution in [0.15, 0.2) is 34.5 Å². The number of thiophene rings is 1. The number of rotatable bonds is 3. The molecule has 2 aromatic rings. The maximum Gasteiger partial charge on any atom is 0.262 e. The van der Waals surface area contributed by atoms with Gasteiger partial charge >= 0.3 is 0 Å². The predicted molar refractivity (Wildman–Crippen MR) is 72.4 cm³/mol. The van der Waals surface area contributed by atoms with Crippen LogP contribution in [-0.2, 0) is 10.0 Å². The van der Waals surface area contributed by atoms with Crippen LogP contribution in [0.5, 0.6) is 5.75 Å². The molecular weight excluding hydrogens is 286 g/mol. The summed E-state index contributed by atoms with van der Waals surface area (Å²) >= 11 is 1.11. The Morgan fingerprint density at radius 1 is 1.37 bits per heavy atom. The average Bonchev–Trinajstić information content (AvgIpc) is 2.79. The normalized spacial score (nSPS) is 10.9. The Morgan fingerprint density at radius 2 is 2.11 bits per heavy atom. The van der Waals surface area contributed by atoms with Crippen LogP contribution in [0.1, 0.15) is 5.56 Å². The van der Waals surface area contributed by atoms with E-state index in [4.69, 9.17) is 11.0 Å². The highest BCUT2D eigenvalue weighted by Gasteiger charge is 2.18. The van der Waals surface area contributed by atoms with Crippen molar-refractivity contribution in [1.82, 2.24) is 0 Å². The van der Waals surface area contributed by atoms with E-state index in [-0.39, 0.29) is 26.9 Å². The predicted octanol–water partition coefficient (Wildman–Crippen LogP) is 1.71. The number of sulfonamides is 1. The SMILES string of the molecule is N#Cc1ccsc1NS(=O)(=O)c1ccc(O)c(N)c1. The molecular formula is C11H9N3O3S2. The number of phenols is 1. The van der Waals surface area contributed by atoms with Crippen molar-refractivity contribution in [2.45, 2.75) is 4.90 Å². The first-order valence-corrected chi connectivity index (χ1v) is 7.39. The zero-order valence-corrected chi connectivity index (χ0v) is 11.1. The molecule has 0 amide bonds. The Bertz CT molecular complexity index is 760. The van der Waals surface area contributed by atoms with Crippen molar-refractivity contribution in [3.63, 3.8) is 0 Å². The molecule has 0 aliphatic heterocycles. The fourth-order valence-electron chi connectivity index (χ4n) is 1.36. The molecule has 0 unspecified atom stereocenters. The molecule has 1 heterocycles. The topological polar surface area (TPSA) is 116 Å². The monoisotopic (exact) mass is 295 g/mol. The van der Waals surface area contributed by atoms with Gasteiger partial charge in [0.25, 0.3) is 10.0 Å². The van der Waals surface area contributed by atoms with E-state index in [1.807, 2.05) is 6.07 Å². The fourth-order valence-corrected chi connectivity index (χ4v) is 3.46. The van der Waals surface area contributed by atoms with Crippen LogP contribution in [0, 0.1) is 11.3 Å². The summed E-state index contributed by atoms with van der Waals surface area (Å²) in [6, 6.07) is 6.99. The lowest BCUT2D eigenvalue weighted by Gasteiger charge is -2.07. The van der Waals surface area contributed by atoms with Gasteiger partial charge in [0, 0.05) is 0 Å². The summed E-state index contributed by atoms with van der Waals surface area (Å²) in [6.07, 6.45) is 0. The summed E-state index contributed by atoms with van der Waals surface area (Å²) in [5.41, 5.74) is 5.67. The molecule has 8 heteroatoms. The summed E-state index contributed by atoms with van der Waals surface area (Å²) in [5.74, 6) is -0.187. The molecule has 6 nitrogen and oxygen atoms in total. The van der Waals surface area contributed by atoms with Crippen molar-refractivity contribution < 1.29 is 13.5 Å². The van der Waals surface area contributed by atoms with E-state index in [1.54, 1.807) is 5.38 Å². The van der Waals surface area contributed by atoms with Crippen molar-refractivity contribution in [3.8, 4) is 11.8 Å². The number of phenolic OH excluding ortho intramolecular Hbond substituents is 1. The summed E-state index contributed by atoms with van der Waals surface area (Å²) < 4.78 is 26.5. The van der Waals surface area contributed by atoms with Crippen LogP contribution in [0.4, 0.5) is 10.7 Å². The number of aromatic hydroxyl groups is 1. The van der Waals surface area contributed by atoms with E-state index in [0.29, 0.717) is 0 Å². The molecule has 0 spiro atoms. The highest BCUT2D eigenvalue weighted by atomic mass is 32.2. The lowest BCUT2D eigenvalue weighted by Crippen LogP contribution is -2.13. The van der Waals surface area contributed by atoms with Crippen LogP contribution in [0.3, 0.4) is 0 Å². The second-order valence-corrected chi connectivity index (χ2v) is 6.20. The first-order chi connectivity index (χ1) is 8.94. The first-order valence-electron chi connectivity index (χ1n) is 5.03.